The number of carbonyl (C=O) groups is 2. The van der Waals surface area contributed by atoms with Gasteiger partial charge in [-0.15, -0.1) is 0 Å². The molecule has 0 spiro atoms. The van der Waals surface area contributed by atoms with E-state index < -0.39 is 19.6 Å². The van der Waals surface area contributed by atoms with Crippen LogP contribution in [0.25, 0.3) is 0 Å². The number of hydrogen-bond donors (Lipinski definition) is 0. The summed E-state index contributed by atoms with van der Waals surface area (Å²) in [5.74, 6) is -1.04. The molecule has 0 bridgehead atoms. The minimum Gasteiger partial charge on any atom is -0.459 e. The number of ether oxygens (including phenoxy) is 1. The van der Waals surface area contributed by atoms with Crippen molar-refractivity contribution >= 4 is 19.8 Å². The maximum atomic E-state index is 11.9. The molecule has 0 aromatic heterocycles. The van der Waals surface area contributed by atoms with Crippen molar-refractivity contribution in [2.24, 2.45) is 5.92 Å². The number of esters is 1. The summed E-state index contributed by atoms with van der Waals surface area (Å²) in [4.78, 5) is 23.5. The second-order valence-corrected chi connectivity index (χ2v) is 12.8. The Kier molecular flexibility index (Phi) is 6.27. The Morgan fingerprint density at radius 3 is 2.00 bits per heavy atom. The molecule has 0 aliphatic rings. The third-order valence-electron chi connectivity index (χ3n) is 2.60. The van der Waals surface area contributed by atoms with E-state index in [9.17, 15) is 9.59 Å². The average Bonchev–Trinajstić information content (AvgIpc) is 2.06. The smallest absolute Gasteiger partial charge is 0.316 e. The normalized spacial score (nSPS) is 14.2. The van der Waals surface area contributed by atoms with Crippen molar-refractivity contribution < 1.29 is 14.3 Å². The summed E-state index contributed by atoms with van der Waals surface area (Å²) in [7, 11) is -1.10. The fraction of sp³-hybridized carbons (Fsp3) is 0.857. The van der Waals surface area contributed by atoms with Gasteiger partial charge in [-0.05, 0) is 34.1 Å². The second-order valence-electron chi connectivity index (χ2n) is 7.15. The van der Waals surface area contributed by atoms with Gasteiger partial charge in [-0.1, -0.05) is 32.1 Å². The van der Waals surface area contributed by atoms with Gasteiger partial charge in [0.15, 0.2) is 0 Å². The van der Waals surface area contributed by atoms with Gasteiger partial charge in [0.1, 0.15) is 17.3 Å². The quantitative estimate of drug-likeness (QED) is 0.421. The summed E-state index contributed by atoms with van der Waals surface area (Å²) in [6, 6.07) is 1.14. The van der Waals surface area contributed by atoms with E-state index in [1.165, 1.54) is 6.92 Å². The van der Waals surface area contributed by atoms with Gasteiger partial charge in [0.2, 0.25) is 0 Å². The molecule has 0 aliphatic carbocycles. The first kappa shape index (κ1) is 17.4. The summed E-state index contributed by atoms with van der Waals surface area (Å²) >= 11 is 0. The summed E-state index contributed by atoms with van der Waals surface area (Å²) in [5.41, 5.74) is -0.524. The van der Waals surface area contributed by atoms with E-state index in [4.69, 9.17) is 4.74 Å². The highest BCUT2D eigenvalue weighted by Crippen LogP contribution is 2.20. The van der Waals surface area contributed by atoms with Crippen LogP contribution in [0.1, 0.15) is 40.5 Å². The van der Waals surface area contributed by atoms with Crippen LogP contribution >= 0.6 is 0 Å². The number of ketones is 1. The largest absolute Gasteiger partial charge is 0.459 e. The first-order chi connectivity index (χ1) is 7.92. The van der Waals surface area contributed by atoms with E-state index in [0.717, 1.165) is 12.5 Å². The van der Waals surface area contributed by atoms with E-state index in [1.807, 2.05) is 20.8 Å². The van der Waals surface area contributed by atoms with E-state index in [1.54, 1.807) is 0 Å². The number of carbonyl (C=O) groups excluding carboxylic acids is 2. The fourth-order valence-electron chi connectivity index (χ4n) is 1.70. The van der Waals surface area contributed by atoms with Gasteiger partial charge in [0.25, 0.3) is 0 Å². The van der Waals surface area contributed by atoms with Crippen molar-refractivity contribution in [1.29, 1.82) is 0 Å². The standard InChI is InChI=1S/C14H28O3Si/c1-11(15)12(9-8-10-18(5,6)7)13(16)17-14(2,3)4/h12H,8-10H2,1-7H3. The molecule has 1 atom stereocenters. The molecule has 106 valence electrons. The second kappa shape index (κ2) is 6.50. The lowest BCUT2D eigenvalue weighted by Crippen LogP contribution is -2.32. The lowest BCUT2D eigenvalue weighted by Gasteiger charge is -2.23. The lowest BCUT2D eigenvalue weighted by atomic mass is 9.99. The maximum Gasteiger partial charge on any atom is 0.316 e. The number of rotatable bonds is 6. The van der Waals surface area contributed by atoms with Gasteiger partial charge < -0.3 is 4.74 Å². The molecule has 0 amide bonds. The minimum absolute atomic E-state index is 0.0835. The van der Waals surface area contributed by atoms with Crippen molar-refractivity contribution in [1.82, 2.24) is 0 Å². The minimum atomic E-state index is -1.10. The molecule has 0 N–H and O–H groups in total. The van der Waals surface area contributed by atoms with Crippen LogP contribution < -0.4 is 0 Å². The predicted octanol–water partition coefficient (Wildman–Crippen LogP) is 3.65. The van der Waals surface area contributed by atoms with Crippen molar-refractivity contribution in [2.45, 2.75) is 71.8 Å². The Hall–Kier alpha value is -0.643. The van der Waals surface area contributed by atoms with Crippen LogP contribution in [-0.2, 0) is 14.3 Å². The van der Waals surface area contributed by atoms with Crippen molar-refractivity contribution in [2.75, 3.05) is 0 Å². The molecule has 3 nitrogen and oxygen atoms in total. The van der Waals surface area contributed by atoms with Crippen LogP contribution in [0.5, 0.6) is 0 Å². The van der Waals surface area contributed by atoms with Crippen molar-refractivity contribution in [3.05, 3.63) is 0 Å². The van der Waals surface area contributed by atoms with E-state index in [0.29, 0.717) is 6.42 Å². The molecule has 18 heavy (non-hydrogen) atoms. The highest BCUT2D eigenvalue weighted by Gasteiger charge is 2.28. The molecule has 0 saturated heterocycles. The zero-order valence-electron chi connectivity index (χ0n) is 12.9. The Bertz CT molecular complexity index is 297. The fourth-order valence-corrected chi connectivity index (χ4v) is 2.96. The van der Waals surface area contributed by atoms with Crippen LogP contribution in [0.2, 0.25) is 25.7 Å². The van der Waals surface area contributed by atoms with E-state index >= 15 is 0 Å². The van der Waals surface area contributed by atoms with Crippen LogP contribution in [0.4, 0.5) is 0 Å². The summed E-state index contributed by atoms with van der Waals surface area (Å²) in [5, 5.41) is 0. The SMILES string of the molecule is CC(=O)C(CCC[Si](C)(C)C)C(=O)OC(C)(C)C. The Morgan fingerprint density at radius 1 is 1.17 bits per heavy atom. The molecular formula is C14H28O3Si. The Morgan fingerprint density at radius 2 is 1.67 bits per heavy atom. The molecule has 0 heterocycles. The lowest BCUT2D eigenvalue weighted by molar-refractivity contribution is -0.162. The van der Waals surface area contributed by atoms with E-state index in [-0.39, 0.29) is 11.8 Å². The van der Waals surface area contributed by atoms with Gasteiger partial charge in [-0.2, -0.15) is 0 Å². The summed E-state index contributed by atoms with van der Waals surface area (Å²) in [6.07, 6.45) is 1.55. The molecule has 1 unspecified atom stereocenters. The monoisotopic (exact) mass is 272 g/mol. The molecule has 0 aromatic rings. The summed E-state index contributed by atoms with van der Waals surface area (Å²) in [6.45, 7) is 13.8. The number of hydrogen-bond acceptors (Lipinski definition) is 3. The van der Waals surface area contributed by atoms with Gasteiger partial charge >= 0.3 is 5.97 Å². The topological polar surface area (TPSA) is 43.4 Å². The van der Waals surface area contributed by atoms with Gasteiger partial charge in [0.05, 0.1) is 0 Å². The average molecular weight is 272 g/mol. The third kappa shape index (κ3) is 8.45. The molecular weight excluding hydrogens is 244 g/mol. The van der Waals surface area contributed by atoms with E-state index in [2.05, 4.69) is 19.6 Å². The van der Waals surface area contributed by atoms with Gasteiger partial charge in [-0.25, -0.2) is 0 Å². The molecule has 0 saturated carbocycles. The highest BCUT2D eigenvalue weighted by molar-refractivity contribution is 6.76. The Labute approximate surface area is 112 Å². The summed E-state index contributed by atoms with van der Waals surface area (Å²) < 4.78 is 5.30. The highest BCUT2D eigenvalue weighted by atomic mass is 28.3. The molecule has 4 heteroatoms. The zero-order valence-corrected chi connectivity index (χ0v) is 13.9. The molecule has 0 rings (SSSR count). The van der Waals surface area contributed by atoms with Gasteiger partial charge in [-0.3, -0.25) is 9.59 Å². The first-order valence-electron chi connectivity index (χ1n) is 6.66. The van der Waals surface area contributed by atoms with Crippen LogP contribution in [-0.4, -0.2) is 25.4 Å². The zero-order chi connectivity index (χ0) is 14.6. The number of Topliss-reactive ketones (excluding diaryl/α,β-unsaturated/α-hetero) is 1. The molecule has 0 aromatic carbocycles. The van der Waals surface area contributed by atoms with Crippen LogP contribution in [0, 0.1) is 5.92 Å². The first-order valence-corrected chi connectivity index (χ1v) is 10.4. The molecule has 0 aliphatic heterocycles. The third-order valence-corrected chi connectivity index (χ3v) is 4.46. The van der Waals surface area contributed by atoms with Gasteiger partial charge in [0, 0.05) is 8.07 Å². The maximum absolute atomic E-state index is 11.9. The van der Waals surface area contributed by atoms with Crippen molar-refractivity contribution in [3.8, 4) is 0 Å². The molecule has 0 fully saturated rings. The van der Waals surface area contributed by atoms with Crippen molar-refractivity contribution in [3.63, 3.8) is 0 Å². The van der Waals surface area contributed by atoms with Crippen LogP contribution in [0.15, 0.2) is 0 Å². The Balaban J connectivity index is 4.41. The molecule has 0 radical (unpaired) electrons. The predicted molar refractivity (Wildman–Crippen MR) is 77.4 cm³/mol. The van der Waals surface area contributed by atoms with Crippen LogP contribution in [0.3, 0.4) is 0 Å².